The second-order valence-electron chi connectivity index (χ2n) is 3.17. The van der Waals surface area contributed by atoms with Crippen molar-refractivity contribution in [2.45, 2.75) is 25.8 Å². The molecule has 0 spiro atoms. The fourth-order valence-corrected chi connectivity index (χ4v) is 1.32. The molecule has 1 aromatic rings. The number of rotatable bonds is 4. The molecule has 0 saturated heterocycles. The highest BCUT2D eigenvalue weighted by atomic mass is 14.9. The summed E-state index contributed by atoms with van der Waals surface area (Å²) in [4.78, 5) is 4.06. The molecule has 1 aromatic heterocycles. The molecule has 0 aromatic carbocycles. The minimum atomic E-state index is 0.492. The molecule has 3 heteroatoms. The Hall–Kier alpha value is -1.09. The first-order valence-electron chi connectivity index (χ1n) is 4.63. The second-order valence-corrected chi connectivity index (χ2v) is 3.17. The molecule has 3 N–H and O–H groups in total. The summed E-state index contributed by atoms with van der Waals surface area (Å²) in [5, 5.41) is 3.24. The molecule has 1 rings (SSSR count). The molecule has 0 saturated carbocycles. The van der Waals surface area contributed by atoms with E-state index in [9.17, 15) is 0 Å². The SMILES string of the molecule is CCC(Cc1cnccc1N)NC. The van der Waals surface area contributed by atoms with E-state index in [1.54, 1.807) is 6.20 Å². The lowest BCUT2D eigenvalue weighted by atomic mass is 10.0. The Kier molecular flexibility index (Phi) is 3.71. The first-order valence-corrected chi connectivity index (χ1v) is 4.63. The van der Waals surface area contributed by atoms with E-state index in [0.29, 0.717) is 6.04 Å². The Labute approximate surface area is 79.4 Å². The smallest absolute Gasteiger partial charge is 0.0378 e. The second kappa shape index (κ2) is 4.82. The number of anilines is 1. The van der Waals surface area contributed by atoms with Crippen molar-refractivity contribution in [1.29, 1.82) is 0 Å². The van der Waals surface area contributed by atoms with E-state index in [4.69, 9.17) is 5.73 Å². The van der Waals surface area contributed by atoms with Gasteiger partial charge >= 0.3 is 0 Å². The van der Waals surface area contributed by atoms with Crippen LogP contribution in [0.15, 0.2) is 18.5 Å². The quantitative estimate of drug-likeness (QED) is 0.730. The van der Waals surface area contributed by atoms with Gasteiger partial charge in [0.1, 0.15) is 0 Å². The molecule has 0 aliphatic heterocycles. The van der Waals surface area contributed by atoms with Gasteiger partial charge in [-0.25, -0.2) is 0 Å². The van der Waals surface area contributed by atoms with Crippen molar-refractivity contribution in [3.63, 3.8) is 0 Å². The average molecular weight is 179 g/mol. The molecule has 0 aliphatic rings. The zero-order valence-electron chi connectivity index (χ0n) is 8.25. The van der Waals surface area contributed by atoms with Crippen LogP contribution in [-0.4, -0.2) is 18.1 Å². The van der Waals surface area contributed by atoms with E-state index in [0.717, 1.165) is 24.1 Å². The number of hydrogen-bond donors (Lipinski definition) is 2. The summed E-state index contributed by atoms with van der Waals surface area (Å²) in [5.74, 6) is 0. The van der Waals surface area contributed by atoms with Gasteiger partial charge in [0.15, 0.2) is 0 Å². The Morgan fingerprint density at radius 1 is 1.62 bits per heavy atom. The van der Waals surface area contributed by atoms with E-state index in [2.05, 4.69) is 17.2 Å². The van der Waals surface area contributed by atoms with E-state index < -0.39 is 0 Å². The van der Waals surface area contributed by atoms with Crippen molar-refractivity contribution in [3.05, 3.63) is 24.0 Å². The van der Waals surface area contributed by atoms with Crippen molar-refractivity contribution >= 4 is 5.69 Å². The van der Waals surface area contributed by atoms with Crippen LogP contribution in [-0.2, 0) is 6.42 Å². The molecule has 1 unspecified atom stereocenters. The van der Waals surface area contributed by atoms with Gasteiger partial charge in [-0.1, -0.05) is 6.92 Å². The van der Waals surface area contributed by atoms with Crippen molar-refractivity contribution in [3.8, 4) is 0 Å². The van der Waals surface area contributed by atoms with Crippen molar-refractivity contribution < 1.29 is 0 Å². The van der Waals surface area contributed by atoms with E-state index >= 15 is 0 Å². The molecule has 72 valence electrons. The molecule has 0 fully saturated rings. The predicted octanol–water partition coefficient (Wildman–Crippen LogP) is 1.20. The van der Waals surface area contributed by atoms with Crippen molar-refractivity contribution in [2.75, 3.05) is 12.8 Å². The molecular weight excluding hydrogens is 162 g/mol. The third-order valence-electron chi connectivity index (χ3n) is 2.31. The van der Waals surface area contributed by atoms with E-state index in [1.165, 1.54) is 0 Å². The maximum atomic E-state index is 5.81. The van der Waals surface area contributed by atoms with Gasteiger partial charge in [0.05, 0.1) is 0 Å². The molecule has 0 amide bonds. The highest BCUT2D eigenvalue weighted by molar-refractivity contribution is 5.44. The topological polar surface area (TPSA) is 50.9 Å². The van der Waals surface area contributed by atoms with Gasteiger partial charge in [-0.3, -0.25) is 4.98 Å². The Balaban J connectivity index is 2.67. The summed E-state index contributed by atoms with van der Waals surface area (Å²) in [7, 11) is 1.97. The highest BCUT2D eigenvalue weighted by Gasteiger charge is 2.06. The van der Waals surface area contributed by atoms with Crippen LogP contribution < -0.4 is 11.1 Å². The number of nitrogens with zero attached hydrogens (tertiary/aromatic N) is 1. The number of nitrogens with one attached hydrogen (secondary N) is 1. The summed E-state index contributed by atoms with van der Waals surface area (Å²) in [6.45, 7) is 2.16. The molecule has 0 aliphatic carbocycles. The van der Waals surface area contributed by atoms with E-state index in [1.807, 2.05) is 19.3 Å². The molecule has 1 atom stereocenters. The lowest BCUT2D eigenvalue weighted by Gasteiger charge is -2.14. The van der Waals surface area contributed by atoms with E-state index in [-0.39, 0.29) is 0 Å². The molecule has 1 heterocycles. The first-order chi connectivity index (χ1) is 6.27. The normalized spacial score (nSPS) is 12.8. The fraction of sp³-hybridized carbons (Fsp3) is 0.500. The lowest BCUT2D eigenvalue weighted by Crippen LogP contribution is -2.26. The monoisotopic (exact) mass is 179 g/mol. The Morgan fingerprint density at radius 3 is 2.92 bits per heavy atom. The lowest BCUT2D eigenvalue weighted by molar-refractivity contribution is 0.543. The maximum absolute atomic E-state index is 5.81. The minimum Gasteiger partial charge on any atom is -0.398 e. The molecule has 0 radical (unpaired) electrons. The molecule has 3 nitrogen and oxygen atoms in total. The third kappa shape index (κ3) is 2.70. The average Bonchev–Trinajstić information content (AvgIpc) is 2.17. The summed E-state index contributed by atoms with van der Waals surface area (Å²) < 4.78 is 0. The van der Waals surface area contributed by atoms with Gasteiger partial charge in [0.25, 0.3) is 0 Å². The van der Waals surface area contributed by atoms with Crippen LogP contribution in [0.3, 0.4) is 0 Å². The number of likely N-dealkylation sites (N-methyl/N-ethyl adjacent to an activating group) is 1. The number of hydrogen-bond acceptors (Lipinski definition) is 3. The number of nitrogen functional groups attached to an aromatic ring is 1. The molecule has 0 bridgehead atoms. The zero-order valence-corrected chi connectivity index (χ0v) is 8.25. The Morgan fingerprint density at radius 2 is 2.38 bits per heavy atom. The van der Waals surface area contributed by atoms with Crippen LogP contribution in [0.4, 0.5) is 5.69 Å². The van der Waals surface area contributed by atoms with Gasteiger partial charge in [-0.05, 0) is 31.5 Å². The van der Waals surface area contributed by atoms with Gasteiger partial charge in [-0.2, -0.15) is 0 Å². The Bertz CT molecular complexity index is 256. The van der Waals surface area contributed by atoms with Crippen LogP contribution in [0.5, 0.6) is 0 Å². The van der Waals surface area contributed by atoms with Crippen molar-refractivity contribution in [1.82, 2.24) is 10.3 Å². The standard InChI is InChI=1S/C10H17N3/c1-3-9(12-2)6-8-7-13-5-4-10(8)11/h4-5,7,9,12H,3,6H2,1-2H3,(H2,11,13). The predicted molar refractivity (Wildman–Crippen MR) is 55.5 cm³/mol. The zero-order chi connectivity index (χ0) is 9.68. The molecule has 13 heavy (non-hydrogen) atoms. The van der Waals surface area contributed by atoms with Gasteiger partial charge in [0.2, 0.25) is 0 Å². The third-order valence-corrected chi connectivity index (χ3v) is 2.31. The highest BCUT2D eigenvalue weighted by Crippen LogP contribution is 2.12. The van der Waals surface area contributed by atoms with Gasteiger partial charge in [0, 0.05) is 24.1 Å². The number of nitrogens with two attached hydrogens (primary N) is 1. The maximum Gasteiger partial charge on any atom is 0.0378 e. The van der Waals surface area contributed by atoms with Gasteiger partial charge < -0.3 is 11.1 Å². The van der Waals surface area contributed by atoms with Crippen LogP contribution >= 0.6 is 0 Å². The summed E-state index contributed by atoms with van der Waals surface area (Å²) >= 11 is 0. The van der Waals surface area contributed by atoms with Gasteiger partial charge in [-0.15, -0.1) is 0 Å². The number of pyridine rings is 1. The fourth-order valence-electron chi connectivity index (χ4n) is 1.32. The van der Waals surface area contributed by atoms with Crippen LogP contribution in [0.2, 0.25) is 0 Å². The largest absolute Gasteiger partial charge is 0.398 e. The van der Waals surface area contributed by atoms with Crippen LogP contribution in [0, 0.1) is 0 Å². The van der Waals surface area contributed by atoms with Crippen molar-refractivity contribution in [2.24, 2.45) is 0 Å². The minimum absolute atomic E-state index is 0.492. The summed E-state index contributed by atoms with van der Waals surface area (Å²) in [6.07, 6.45) is 5.62. The number of aromatic nitrogens is 1. The van der Waals surface area contributed by atoms with Crippen LogP contribution in [0.25, 0.3) is 0 Å². The first kappa shape index (κ1) is 9.99. The molecular formula is C10H17N3. The van der Waals surface area contributed by atoms with Crippen LogP contribution in [0.1, 0.15) is 18.9 Å². The summed E-state index contributed by atoms with van der Waals surface area (Å²) in [5.41, 5.74) is 7.78. The summed E-state index contributed by atoms with van der Waals surface area (Å²) in [6, 6.07) is 2.34.